The van der Waals surface area contributed by atoms with Gasteiger partial charge in [0.1, 0.15) is 12.0 Å². The molecule has 11 heteroatoms. The van der Waals surface area contributed by atoms with Gasteiger partial charge in [-0.3, -0.25) is 4.79 Å². The zero-order chi connectivity index (χ0) is 29.7. The zero-order valence-corrected chi connectivity index (χ0v) is 25.4. The number of aromatic nitrogens is 1. The second-order valence-corrected chi connectivity index (χ2v) is 15.1. The highest BCUT2D eigenvalue weighted by Gasteiger charge is 2.42. The maximum Gasteiger partial charge on any atom is 0.221 e. The zero-order valence-electron chi connectivity index (χ0n) is 24.6. The van der Waals surface area contributed by atoms with E-state index in [1.807, 2.05) is 37.4 Å². The summed E-state index contributed by atoms with van der Waals surface area (Å²) >= 11 is 0. The van der Waals surface area contributed by atoms with Gasteiger partial charge in [0.2, 0.25) is 5.91 Å². The smallest absolute Gasteiger partial charge is 0.221 e. The Labute approximate surface area is 242 Å². The van der Waals surface area contributed by atoms with Gasteiger partial charge in [0.15, 0.2) is 9.84 Å². The van der Waals surface area contributed by atoms with Gasteiger partial charge in [0, 0.05) is 42.1 Å². The Morgan fingerprint density at radius 3 is 2.51 bits per heavy atom. The first-order valence-electron chi connectivity index (χ1n) is 14.7. The Kier molecular flexibility index (Phi) is 8.28. The van der Waals surface area contributed by atoms with E-state index in [2.05, 4.69) is 10.6 Å². The summed E-state index contributed by atoms with van der Waals surface area (Å²) in [4.78, 5) is 14.7. The van der Waals surface area contributed by atoms with Crippen molar-refractivity contribution in [3.63, 3.8) is 0 Å². The predicted octanol–water partition coefficient (Wildman–Crippen LogP) is 3.20. The maximum absolute atomic E-state index is 15.7. The van der Waals surface area contributed by atoms with Crippen molar-refractivity contribution in [2.75, 3.05) is 31.7 Å². The molecular weight excluding hydrogens is 545 g/mol. The lowest BCUT2D eigenvalue weighted by Crippen LogP contribution is -2.41. The van der Waals surface area contributed by atoms with E-state index >= 15 is 4.39 Å². The summed E-state index contributed by atoms with van der Waals surface area (Å²) in [6.45, 7) is 4.61. The molecule has 0 saturated heterocycles. The van der Waals surface area contributed by atoms with E-state index < -0.39 is 27.3 Å². The summed E-state index contributed by atoms with van der Waals surface area (Å²) in [6, 6.07) is 3.28. The molecule has 1 unspecified atom stereocenters. The van der Waals surface area contributed by atoms with Gasteiger partial charge in [-0.2, -0.15) is 0 Å². The summed E-state index contributed by atoms with van der Waals surface area (Å²) < 4.78 is 44.5. The number of fused-ring (bicyclic) bond motifs is 3. The summed E-state index contributed by atoms with van der Waals surface area (Å²) in [7, 11) is 0.409. The first-order valence-corrected chi connectivity index (χ1v) is 16.4. The van der Waals surface area contributed by atoms with E-state index in [9.17, 15) is 18.3 Å². The number of rotatable bonds is 8. The number of nitrogens with zero attached hydrogens (tertiary/aromatic N) is 2. The van der Waals surface area contributed by atoms with Crippen LogP contribution in [0.2, 0.25) is 0 Å². The first kappa shape index (κ1) is 30.0. The van der Waals surface area contributed by atoms with Crippen molar-refractivity contribution in [1.82, 2.24) is 14.8 Å². The molecule has 1 aromatic heterocycles. The molecule has 9 nitrogen and oxygen atoms in total. The third kappa shape index (κ3) is 6.18. The normalized spacial score (nSPS) is 23.6. The maximum atomic E-state index is 15.7. The van der Waals surface area contributed by atoms with Gasteiger partial charge in [0.25, 0.3) is 0 Å². The molecule has 2 aliphatic carbocycles. The molecule has 2 heterocycles. The predicted molar refractivity (Wildman–Crippen MR) is 157 cm³/mol. The third-order valence-corrected chi connectivity index (χ3v) is 11.0. The molecule has 2 aromatic rings. The second kappa shape index (κ2) is 11.3. The van der Waals surface area contributed by atoms with Crippen LogP contribution in [0.5, 0.6) is 0 Å². The molecule has 3 aliphatic rings. The molecule has 1 saturated carbocycles. The fraction of sp³-hybridized carbons (Fsp3) is 0.633. The standard InChI is InChI=1S/C30H44FN5O4S/c1-30(2)16-25-28(41(39,40)17-30)21-6-5-7-24(21)36(25)20-14-22(31)27(29(32)38)23(15-20)33-18-8-10-19(11-9-18)34-26(37)12-13-35(3)4/h14-15,18-19,29,33,38H,5-13,16-17,32H2,1-4H3,(H,34,37). The molecule has 0 bridgehead atoms. The fourth-order valence-corrected chi connectivity index (χ4v) is 9.36. The Bertz CT molecular complexity index is 1420. The molecule has 1 fully saturated rings. The number of anilines is 1. The number of aliphatic hydroxyl groups is 1. The molecule has 5 N–H and O–H groups in total. The van der Waals surface area contributed by atoms with Gasteiger partial charge in [-0.05, 0) is 88.6 Å². The van der Waals surface area contributed by atoms with E-state index in [1.54, 1.807) is 6.07 Å². The Balaban J connectivity index is 1.43. The van der Waals surface area contributed by atoms with Crippen molar-refractivity contribution < 1.29 is 22.7 Å². The number of nitrogens with one attached hydrogen (secondary N) is 2. The molecule has 1 aliphatic heterocycles. The monoisotopic (exact) mass is 589 g/mol. The molecular formula is C30H44FN5O4S. The van der Waals surface area contributed by atoms with Crippen LogP contribution in [0.15, 0.2) is 17.0 Å². The number of sulfone groups is 1. The number of hydrogen-bond donors (Lipinski definition) is 4. The quantitative estimate of drug-likeness (QED) is 0.348. The lowest BCUT2D eigenvalue weighted by molar-refractivity contribution is -0.122. The summed E-state index contributed by atoms with van der Waals surface area (Å²) in [5.74, 6) is -0.484. The number of aliphatic hydroxyl groups excluding tert-OH is 1. The molecule has 41 heavy (non-hydrogen) atoms. The number of hydrogen-bond acceptors (Lipinski definition) is 7. The van der Waals surface area contributed by atoms with Crippen molar-refractivity contribution >= 4 is 21.4 Å². The van der Waals surface area contributed by atoms with Crippen LogP contribution in [0.3, 0.4) is 0 Å². The van der Waals surface area contributed by atoms with Gasteiger partial charge in [-0.25, -0.2) is 12.8 Å². The van der Waals surface area contributed by atoms with Crippen LogP contribution in [0, 0.1) is 11.2 Å². The third-order valence-electron chi connectivity index (χ3n) is 8.71. The van der Waals surface area contributed by atoms with E-state index in [4.69, 9.17) is 5.73 Å². The van der Waals surface area contributed by atoms with E-state index in [1.165, 1.54) is 6.07 Å². The van der Waals surface area contributed by atoms with E-state index in [-0.39, 0.29) is 29.3 Å². The average molecular weight is 590 g/mol. The minimum Gasteiger partial charge on any atom is -0.382 e. The van der Waals surface area contributed by atoms with Crippen LogP contribution in [-0.4, -0.2) is 67.4 Å². The number of halogens is 1. The Morgan fingerprint density at radius 2 is 1.85 bits per heavy atom. The highest BCUT2D eigenvalue weighted by molar-refractivity contribution is 7.91. The van der Waals surface area contributed by atoms with Crippen LogP contribution in [-0.2, 0) is 33.9 Å². The number of benzene rings is 1. The molecule has 0 radical (unpaired) electrons. The van der Waals surface area contributed by atoms with Gasteiger partial charge >= 0.3 is 0 Å². The highest BCUT2D eigenvalue weighted by Crippen LogP contribution is 2.45. The van der Waals surface area contributed by atoms with Gasteiger partial charge in [-0.15, -0.1) is 0 Å². The molecule has 1 amide bonds. The van der Waals surface area contributed by atoms with Gasteiger partial charge < -0.3 is 30.9 Å². The summed E-state index contributed by atoms with van der Waals surface area (Å²) in [5.41, 5.74) is 8.88. The van der Waals surface area contributed by atoms with Crippen molar-refractivity contribution in [2.45, 2.75) is 94.8 Å². The van der Waals surface area contributed by atoms with Crippen molar-refractivity contribution in [3.05, 3.63) is 40.5 Å². The lowest BCUT2D eigenvalue weighted by Gasteiger charge is -2.32. The first-order chi connectivity index (χ1) is 19.3. The number of carbonyl (C=O) groups is 1. The van der Waals surface area contributed by atoms with E-state index in [0.29, 0.717) is 42.1 Å². The minimum absolute atomic E-state index is 0.00141. The number of carbonyl (C=O) groups excluding carboxylic acids is 1. The fourth-order valence-electron chi connectivity index (χ4n) is 6.97. The van der Waals surface area contributed by atoms with Crippen LogP contribution in [0.1, 0.15) is 81.1 Å². The largest absolute Gasteiger partial charge is 0.382 e. The molecule has 5 rings (SSSR count). The van der Waals surface area contributed by atoms with Crippen molar-refractivity contribution in [1.29, 1.82) is 0 Å². The van der Waals surface area contributed by atoms with Crippen LogP contribution < -0.4 is 16.4 Å². The SMILES string of the molecule is CN(C)CCC(=O)NC1CCC(Nc2cc(-n3c4c(c5c3CC(C)(C)CS5(=O)=O)CCC4)cc(F)c2C(N)O)CC1. The highest BCUT2D eigenvalue weighted by atomic mass is 32.2. The van der Waals surface area contributed by atoms with Crippen LogP contribution in [0.4, 0.5) is 10.1 Å². The number of amides is 1. The molecule has 0 spiro atoms. The summed E-state index contributed by atoms with van der Waals surface area (Å²) in [5, 5.41) is 16.9. The van der Waals surface area contributed by atoms with E-state index in [0.717, 1.165) is 55.5 Å². The molecule has 226 valence electrons. The van der Waals surface area contributed by atoms with Crippen molar-refractivity contribution in [3.8, 4) is 5.69 Å². The minimum atomic E-state index is -3.47. The number of nitrogens with two attached hydrogens (primary N) is 1. The van der Waals surface area contributed by atoms with Crippen LogP contribution >= 0.6 is 0 Å². The second-order valence-electron chi connectivity index (χ2n) is 13.1. The topological polar surface area (TPSA) is 130 Å². The van der Waals surface area contributed by atoms with Crippen molar-refractivity contribution in [2.24, 2.45) is 11.1 Å². The van der Waals surface area contributed by atoms with Gasteiger partial charge in [0.05, 0.1) is 21.9 Å². The lowest BCUT2D eigenvalue weighted by atomic mass is 9.89. The molecule has 1 atom stereocenters. The molecule has 1 aromatic carbocycles. The Hall–Kier alpha value is -2.47. The summed E-state index contributed by atoms with van der Waals surface area (Å²) in [6.07, 6.45) is 4.93. The van der Waals surface area contributed by atoms with Gasteiger partial charge in [-0.1, -0.05) is 13.8 Å². The van der Waals surface area contributed by atoms with Crippen LogP contribution in [0.25, 0.3) is 5.69 Å². The Morgan fingerprint density at radius 1 is 1.17 bits per heavy atom. The average Bonchev–Trinajstić information content (AvgIpc) is 3.42.